The molecule has 0 amide bonds. The number of rotatable bonds is 2. The van der Waals surface area contributed by atoms with E-state index in [4.69, 9.17) is 28.9 Å². The largest absolute Gasteiger partial charge is 0.355 e. The maximum atomic E-state index is 5.92. The summed E-state index contributed by atoms with van der Waals surface area (Å²) in [5, 5.41) is 1.87. The lowest BCUT2D eigenvalue weighted by molar-refractivity contribution is 1.08. The summed E-state index contributed by atoms with van der Waals surface area (Å²) < 4.78 is 0. The molecule has 0 aliphatic rings. The van der Waals surface area contributed by atoms with Crippen LogP contribution in [0.15, 0.2) is 36.4 Å². The van der Waals surface area contributed by atoms with E-state index in [9.17, 15) is 0 Å². The van der Waals surface area contributed by atoms with E-state index in [0.29, 0.717) is 16.9 Å². The van der Waals surface area contributed by atoms with Crippen LogP contribution in [0.2, 0.25) is 10.3 Å². The van der Waals surface area contributed by atoms with Gasteiger partial charge in [0.1, 0.15) is 10.3 Å². The van der Waals surface area contributed by atoms with Crippen LogP contribution >= 0.6 is 23.2 Å². The number of nitrogens with one attached hydrogen (secondary N) is 1. The number of benzene rings is 1. The van der Waals surface area contributed by atoms with Crippen molar-refractivity contribution >= 4 is 34.1 Å². The topological polar surface area (TPSA) is 54.7 Å². The molecule has 19 heavy (non-hydrogen) atoms. The summed E-state index contributed by atoms with van der Waals surface area (Å²) in [6.45, 7) is 0.531. The van der Waals surface area contributed by atoms with E-state index in [1.807, 2.05) is 12.1 Å². The monoisotopic (exact) mass is 291 g/mol. The van der Waals surface area contributed by atoms with Gasteiger partial charge in [0, 0.05) is 28.7 Å². The molecule has 3 aromatic rings. The van der Waals surface area contributed by atoms with Crippen LogP contribution in [0.25, 0.3) is 22.2 Å². The summed E-state index contributed by atoms with van der Waals surface area (Å²) >= 11 is 11.8. The Hall–Kier alpha value is -1.55. The lowest BCUT2D eigenvalue weighted by atomic mass is 10.1. The maximum Gasteiger partial charge on any atom is 0.131 e. The van der Waals surface area contributed by atoms with Crippen molar-refractivity contribution in [2.45, 2.75) is 6.54 Å². The molecule has 1 aromatic carbocycles. The fourth-order valence-corrected chi connectivity index (χ4v) is 2.55. The summed E-state index contributed by atoms with van der Waals surface area (Å²) in [7, 11) is 0. The molecular formula is C14H11Cl2N3. The van der Waals surface area contributed by atoms with Gasteiger partial charge < -0.3 is 10.7 Å². The summed E-state index contributed by atoms with van der Waals surface area (Å²) in [6.07, 6.45) is 0. The first-order chi connectivity index (χ1) is 9.15. The van der Waals surface area contributed by atoms with Crippen LogP contribution in [0.1, 0.15) is 5.56 Å². The van der Waals surface area contributed by atoms with Gasteiger partial charge in [-0.2, -0.15) is 0 Å². The summed E-state index contributed by atoms with van der Waals surface area (Å²) in [5.41, 5.74) is 9.66. The van der Waals surface area contributed by atoms with Crippen molar-refractivity contribution in [3.05, 3.63) is 52.3 Å². The second-order valence-corrected chi connectivity index (χ2v) is 5.08. The van der Waals surface area contributed by atoms with E-state index in [0.717, 1.165) is 27.7 Å². The van der Waals surface area contributed by atoms with Gasteiger partial charge in [0.2, 0.25) is 0 Å². The molecule has 3 rings (SSSR count). The molecule has 0 aliphatic heterocycles. The van der Waals surface area contributed by atoms with Crippen molar-refractivity contribution in [3.63, 3.8) is 0 Å². The third-order valence-corrected chi connectivity index (χ3v) is 3.38. The van der Waals surface area contributed by atoms with E-state index >= 15 is 0 Å². The summed E-state index contributed by atoms with van der Waals surface area (Å²) in [5.74, 6) is 0. The van der Waals surface area contributed by atoms with Gasteiger partial charge in [-0.3, -0.25) is 0 Å². The van der Waals surface area contributed by atoms with Crippen LogP contribution in [-0.4, -0.2) is 9.97 Å². The van der Waals surface area contributed by atoms with Gasteiger partial charge in [-0.05, 0) is 35.9 Å². The van der Waals surface area contributed by atoms with E-state index in [1.54, 1.807) is 12.1 Å². The number of hydrogen-bond donors (Lipinski definition) is 2. The number of hydrogen-bond acceptors (Lipinski definition) is 2. The van der Waals surface area contributed by atoms with E-state index in [2.05, 4.69) is 22.1 Å². The van der Waals surface area contributed by atoms with Gasteiger partial charge in [-0.25, -0.2) is 4.98 Å². The van der Waals surface area contributed by atoms with Crippen LogP contribution < -0.4 is 5.73 Å². The van der Waals surface area contributed by atoms with Gasteiger partial charge in [0.05, 0.1) is 0 Å². The molecule has 0 radical (unpaired) electrons. The third kappa shape index (κ3) is 2.45. The molecule has 2 aromatic heterocycles. The van der Waals surface area contributed by atoms with Gasteiger partial charge >= 0.3 is 0 Å². The Bertz CT molecular complexity index is 729. The van der Waals surface area contributed by atoms with Crippen molar-refractivity contribution in [2.75, 3.05) is 0 Å². The van der Waals surface area contributed by atoms with Crippen LogP contribution in [-0.2, 0) is 6.54 Å². The molecule has 2 heterocycles. The lowest BCUT2D eigenvalue weighted by Gasteiger charge is -1.99. The molecule has 0 atom stereocenters. The van der Waals surface area contributed by atoms with Crippen LogP contribution in [0.5, 0.6) is 0 Å². The highest BCUT2D eigenvalue weighted by Crippen LogP contribution is 2.28. The molecule has 0 saturated carbocycles. The molecule has 3 nitrogen and oxygen atoms in total. The predicted molar refractivity (Wildman–Crippen MR) is 79.4 cm³/mol. The minimum atomic E-state index is 0.379. The molecule has 0 aliphatic carbocycles. The standard InChI is InChI=1S/C14H11Cl2N3/c15-13-5-10(6-14(16)19-13)12-4-9-3-8(7-17)1-2-11(9)18-12/h1-6,18H,7,17H2. The lowest BCUT2D eigenvalue weighted by Crippen LogP contribution is -1.94. The molecule has 5 heteroatoms. The highest BCUT2D eigenvalue weighted by atomic mass is 35.5. The third-order valence-electron chi connectivity index (χ3n) is 2.99. The van der Waals surface area contributed by atoms with Gasteiger partial charge in [0.15, 0.2) is 0 Å². The van der Waals surface area contributed by atoms with Crippen molar-refractivity contribution in [1.82, 2.24) is 9.97 Å². The first-order valence-electron chi connectivity index (χ1n) is 5.81. The Morgan fingerprint density at radius 3 is 2.47 bits per heavy atom. The SMILES string of the molecule is NCc1ccc2[nH]c(-c3cc(Cl)nc(Cl)c3)cc2c1. The average molecular weight is 292 g/mol. The number of halogens is 2. The zero-order valence-corrected chi connectivity index (χ0v) is 11.5. The molecule has 0 unspecified atom stereocenters. The number of aromatic nitrogens is 2. The Balaban J connectivity index is 2.14. The molecular weight excluding hydrogens is 281 g/mol. The van der Waals surface area contributed by atoms with Crippen LogP contribution in [0, 0.1) is 0 Å². The minimum absolute atomic E-state index is 0.379. The molecule has 0 bridgehead atoms. The first-order valence-corrected chi connectivity index (χ1v) is 6.56. The Kier molecular flexibility index (Phi) is 3.19. The number of fused-ring (bicyclic) bond motifs is 1. The highest BCUT2D eigenvalue weighted by molar-refractivity contribution is 6.32. The van der Waals surface area contributed by atoms with Crippen molar-refractivity contribution in [3.8, 4) is 11.3 Å². The van der Waals surface area contributed by atoms with Crippen molar-refractivity contribution in [1.29, 1.82) is 0 Å². The molecule has 96 valence electrons. The highest BCUT2D eigenvalue weighted by Gasteiger charge is 2.06. The zero-order chi connectivity index (χ0) is 13.4. The van der Waals surface area contributed by atoms with E-state index < -0.39 is 0 Å². The molecule has 3 N–H and O–H groups in total. The number of nitrogens with two attached hydrogens (primary N) is 1. The normalized spacial score (nSPS) is 11.1. The Morgan fingerprint density at radius 2 is 1.79 bits per heavy atom. The van der Waals surface area contributed by atoms with E-state index in [1.165, 1.54) is 0 Å². The molecule has 0 saturated heterocycles. The Morgan fingerprint density at radius 1 is 1.05 bits per heavy atom. The second kappa shape index (κ2) is 4.85. The minimum Gasteiger partial charge on any atom is -0.355 e. The fraction of sp³-hybridized carbons (Fsp3) is 0.0714. The maximum absolute atomic E-state index is 5.92. The Labute approximate surface area is 120 Å². The average Bonchev–Trinajstić information content (AvgIpc) is 2.80. The van der Waals surface area contributed by atoms with Crippen LogP contribution in [0.3, 0.4) is 0 Å². The van der Waals surface area contributed by atoms with Crippen molar-refractivity contribution in [2.24, 2.45) is 5.73 Å². The predicted octanol–water partition coefficient (Wildman–Crippen LogP) is 4.00. The summed E-state index contributed by atoms with van der Waals surface area (Å²) in [4.78, 5) is 7.27. The smallest absolute Gasteiger partial charge is 0.131 e. The molecule has 0 spiro atoms. The van der Waals surface area contributed by atoms with Gasteiger partial charge in [-0.15, -0.1) is 0 Å². The summed E-state index contributed by atoms with van der Waals surface area (Å²) in [6, 6.07) is 11.7. The number of pyridine rings is 1. The number of H-pyrrole nitrogens is 1. The van der Waals surface area contributed by atoms with Gasteiger partial charge in [0.25, 0.3) is 0 Å². The van der Waals surface area contributed by atoms with Crippen molar-refractivity contribution < 1.29 is 0 Å². The number of nitrogens with zero attached hydrogens (tertiary/aromatic N) is 1. The zero-order valence-electron chi connectivity index (χ0n) is 9.95. The number of aromatic amines is 1. The fourth-order valence-electron chi connectivity index (χ4n) is 2.08. The van der Waals surface area contributed by atoms with E-state index in [-0.39, 0.29) is 0 Å². The van der Waals surface area contributed by atoms with Gasteiger partial charge in [-0.1, -0.05) is 29.3 Å². The second-order valence-electron chi connectivity index (χ2n) is 4.31. The molecule has 0 fully saturated rings. The first kappa shape index (κ1) is 12.5. The quantitative estimate of drug-likeness (QED) is 0.701. The van der Waals surface area contributed by atoms with Crippen LogP contribution in [0.4, 0.5) is 0 Å².